The number of hydrogen-bond donors (Lipinski definition) is 0. The predicted molar refractivity (Wildman–Crippen MR) is 63.4 cm³/mol. The van der Waals surface area contributed by atoms with E-state index in [1.165, 1.54) is 18.5 Å². The van der Waals surface area contributed by atoms with Crippen LogP contribution in [0.4, 0.5) is 0 Å². The maximum Gasteiger partial charge on any atom is 0.0322 e. The maximum atomic E-state index is 3.52. The van der Waals surface area contributed by atoms with Crippen LogP contribution in [0, 0.1) is 10.5 Å². The second kappa shape index (κ2) is 4.14. The summed E-state index contributed by atoms with van der Waals surface area (Å²) in [7, 11) is 0. The highest BCUT2D eigenvalue weighted by Crippen LogP contribution is 2.27. The van der Waals surface area contributed by atoms with E-state index in [0.29, 0.717) is 0 Å². The maximum absolute atomic E-state index is 3.52. The number of aryl methyl sites for hydroxylation is 1. The highest BCUT2D eigenvalue weighted by atomic mass is 127. The van der Waals surface area contributed by atoms with Crippen molar-refractivity contribution in [2.75, 3.05) is 6.26 Å². The van der Waals surface area contributed by atoms with E-state index in [2.05, 4.69) is 63.8 Å². The van der Waals surface area contributed by atoms with E-state index in [-0.39, 0.29) is 0 Å². The zero-order valence-electron chi connectivity index (χ0n) is 6.32. The summed E-state index contributed by atoms with van der Waals surface area (Å²) in [6.07, 6.45) is 2.09. The molecule has 0 saturated carbocycles. The fourth-order valence-corrected chi connectivity index (χ4v) is 2.37. The minimum absolute atomic E-state index is 1.20. The molecule has 0 unspecified atom stereocenters. The molecule has 0 aliphatic heterocycles. The third-order valence-electron chi connectivity index (χ3n) is 1.42. The Kier molecular flexibility index (Phi) is 3.71. The first kappa shape index (κ1) is 9.86. The molecule has 0 radical (unpaired) electrons. The Bertz CT molecular complexity index is 250. The van der Waals surface area contributed by atoms with Gasteiger partial charge in [-0.15, -0.1) is 11.8 Å². The molecular formula is C8H8BrIS. The van der Waals surface area contributed by atoms with Gasteiger partial charge in [0.25, 0.3) is 0 Å². The molecule has 1 rings (SSSR count). The number of thioether (sulfide) groups is 1. The standard InChI is InChI=1S/C8H8BrIS/c1-5-3-6(11-2)4-7(9)8(5)10/h3-4H,1-2H3. The van der Waals surface area contributed by atoms with Crippen molar-refractivity contribution >= 4 is 50.3 Å². The van der Waals surface area contributed by atoms with Gasteiger partial charge in [-0.3, -0.25) is 0 Å². The summed E-state index contributed by atoms with van der Waals surface area (Å²) >= 11 is 7.64. The van der Waals surface area contributed by atoms with E-state index in [9.17, 15) is 0 Å². The zero-order chi connectivity index (χ0) is 8.43. The van der Waals surface area contributed by atoms with Gasteiger partial charge in [-0.25, -0.2) is 0 Å². The summed E-state index contributed by atoms with van der Waals surface area (Å²) in [4.78, 5) is 1.31. The van der Waals surface area contributed by atoms with Crippen molar-refractivity contribution in [2.45, 2.75) is 11.8 Å². The minimum Gasteiger partial charge on any atom is -0.130 e. The van der Waals surface area contributed by atoms with Gasteiger partial charge >= 0.3 is 0 Å². The van der Waals surface area contributed by atoms with E-state index in [4.69, 9.17) is 0 Å². The Morgan fingerprint density at radius 2 is 2.09 bits per heavy atom. The number of halogens is 2. The molecule has 0 spiro atoms. The predicted octanol–water partition coefficient (Wildman–Crippen LogP) is 4.08. The molecule has 0 bridgehead atoms. The Hall–Kier alpha value is 0.780. The molecule has 1 aromatic carbocycles. The SMILES string of the molecule is CSc1cc(C)c(I)c(Br)c1. The number of hydrogen-bond acceptors (Lipinski definition) is 1. The van der Waals surface area contributed by atoms with Crippen LogP contribution in [0.3, 0.4) is 0 Å². The normalized spacial score (nSPS) is 10.2. The molecule has 0 amide bonds. The molecule has 0 aliphatic rings. The Labute approximate surface area is 93.4 Å². The van der Waals surface area contributed by atoms with Crippen LogP contribution in [0.15, 0.2) is 21.5 Å². The molecule has 0 nitrogen and oxygen atoms in total. The van der Waals surface area contributed by atoms with Crippen molar-refractivity contribution in [3.63, 3.8) is 0 Å². The highest BCUT2D eigenvalue weighted by Gasteiger charge is 2.01. The van der Waals surface area contributed by atoms with E-state index in [0.717, 1.165) is 0 Å². The molecule has 0 atom stereocenters. The smallest absolute Gasteiger partial charge is 0.0322 e. The average Bonchev–Trinajstić information content (AvgIpc) is 1.99. The average molecular weight is 343 g/mol. The van der Waals surface area contributed by atoms with Gasteiger partial charge in [-0.05, 0) is 69.4 Å². The fourth-order valence-electron chi connectivity index (χ4n) is 0.813. The van der Waals surface area contributed by atoms with Crippen LogP contribution in [0.25, 0.3) is 0 Å². The van der Waals surface area contributed by atoms with Gasteiger partial charge in [-0.2, -0.15) is 0 Å². The summed E-state index contributed by atoms with van der Waals surface area (Å²) in [6, 6.07) is 4.36. The van der Waals surface area contributed by atoms with Crippen LogP contribution < -0.4 is 0 Å². The largest absolute Gasteiger partial charge is 0.130 e. The zero-order valence-corrected chi connectivity index (χ0v) is 10.9. The molecule has 0 N–H and O–H groups in total. The topological polar surface area (TPSA) is 0 Å². The second-order valence-corrected chi connectivity index (χ2v) is 5.05. The Morgan fingerprint density at radius 3 is 2.55 bits per heavy atom. The van der Waals surface area contributed by atoms with Crippen LogP contribution in [0.5, 0.6) is 0 Å². The van der Waals surface area contributed by atoms with Crippen LogP contribution >= 0.6 is 50.3 Å². The molecular weight excluding hydrogens is 335 g/mol. The van der Waals surface area contributed by atoms with Gasteiger partial charge in [0.1, 0.15) is 0 Å². The van der Waals surface area contributed by atoms with Crippen LogP contribution in [0.2, 0.25) is 0 Å². The van der Waals surface area contributed by atoms with Crippen LogP contribution in [0.1, 0.15) is 5.56 Å². The van der Waals surface area contributed by atoms with Crippen molar-refractivity contribution in [1.29, 1.82) is 0 Å². The minimum atomic E-state index is 1.20. The van der Waals surface area contributed by atoms with Gasteiger partial charge < -0.3 is 0 Å². The second-order valence-electron chi connectivity index (χ2n) is 2.24. The molecule has 11 heavy (non-hydrogen) atoms. The van der Waals surface area contributed by atoms with Crippen molar-refractivity contribution in [2.24, 2.45) is 0 Å². The molecule has 0 fully saturated rings. The van der Waals surface area contributed by atoms with E-state index >= 15 is 0 Å². The number of rotatable bonds is 1. The van der Waals surface area contributed by atoms with E-state index < -0.39 is 0 Å². The third kappa shape index (κ3) is 2.36. The van der Waals surface area contributed by atoms with Gasteiger partial charge in [0, 0.05) is 12.9 Å². The van der Waals surface area contributed by atoms with Crippen LogP contribution in [-0.4, -0.2) is 6.26 Å². The fraction of sp³-hybridized carbons (Fsp3) is 0.250. The van der Waals surface area contributed by atoms with Crippen molar-refractivity contribution in [1.82, 2.24) is 0 Å². The molecule has 3 heteroatoms. The van der Waals surface area contributed by atoms with E-state index in [1.54, 1.807) is 11.8 Å². The van der Waals surface area contributed by atoms with Gasteiger partial charge in [-0.1, -0.05) is 0 Å². The summed E-state index contributed by atoms with van der Waals surface area (Å²) in [6.45, 7) is 2.13. The first-order chi connectivity index (χ1) is 5.15. The molecule has 0 aliphatic carbocycles. The van der Waals surface area contributed by atoms with Gasteiger partial charge in [0.05, 0.1) is 0 Å². The molecule has 0 saturated heterocycles. The summed E-state index contributed by atoms with van der Waals surface area (Å²) < 4.78 is 2.50. The first-order valence-corrected chi connectivity index (χ1v) is 6.24. The summed E-state index contributed by atoms with van der Waals surface area (Å²) in [5, 5.41) is 0. The lowest BCUT2D eigenvalue weighted by molar-refractivity contribution is 1.31. The Morgan fingerprint density at radius 1 is 1.45 bits per heavy atom. The Balaban J connectivity index is 3.21. The third-order valence-corrected chi connectivity index (χ3v) is 4.92. The quantitative estimate of drug-likeness (QED) is 0.547. The van der Waals surface area contributed by atoms with Crippen molar-refractivity contribution in [3.05, 3.63) is 25.7 Å². The first-order valence-electron chi connectivity index (χ1n) is 3.15. The lowest BCUT2D eigenvalue weighted by Gasteiger charge is -2.03. The highest BCUT2D eigenvalue weighted by molar-refractivity contribution is 14.1. The van der Waals surface area contributed by atoms with Gasteiger partial charge in [0.15, 0.2) is 0 Å². The number of benzene rings is 1. The van der Waals surface area contributed by atoms with E-state index in [1.807, 2.05) is 0 Å². The van der Waals surface area contributed by atoms with Crippen molar-refractivity contribution < 1.29 is 0 Å². The molecule has 1 aromatic rings. The molecule has 60 valence electrons. The monoisotopic (exact) mass is 342 g/mol. The molecule has 0 heterocycles. The lowest BCUT2D eigenvalue weighted by atomic mass is 10.2. The summed E-state index contributed by atoms with van der Waals surface area (Å²) in [5.41, 5.74) is 1.34. The summed E-state index contributed by atoms with van der Waals surface area (Å²) in [5.74, 6) is 0. The van der Waals surface area contributed by atoms with Crippen LogP contribution in [-0.2, 0) is 0 Å². The van der Waals surface area contributed by atoms with Gasteiger partial charge in [0.2, 0.25) is 0 Å². The van der Waals surface area contributed by atoms with Crippen molar-refractivity contribution in [3.8, 4) is 0 Å². The lowest BCUT2D eigenvalue weighted by Crippen LogP contribution is -1.82. The molecule has 0 aromatic heterocycles.